The average Bonchev–Trinajstić information content (AvgIpc) is 2.50. The molecule has 0 spiro atoms. The van der Waals surface area contributed by atoms with Crippen LogP contribution >= 0.6 is 0 Å². The molecule has 0 unspecified atom stereocenters. The number of pyridine rings is 1. The fourth-order valence-electron chi connectivity index (χ4n) is 1.69. The van der Waals surface area contributed by atoms with Crippen LogP contribution in [0, 0.1) is 0 Å². The first kappa shape index (κ1) is 13.7. The number of rotatable bonds is 4. The molecule has 1 heterocycles. The summed E-state index contributed by atoms with van der Waals surface area (Å²) in [5.41, 5.74) is 4.63. The number of phenols is 1. The highest BCUT2D eigenvalue weighted by Crippen LogP contribution is 2.11. The number of nitrogens with zero attached hydrogens (tertiary/aromatic N) is 2. The summed E-state index contributed by atoms with van der Waals surface area (Å²) >= 11 is 0. The molecule has 0 bridgehead atoms. The Balaban J connectivity index is 2.12. The van der Waals surface area contributed by atoms with Crippen molar-refractivity contribution in [2.45, 2.75) is 13.3 Å². The van der Waals surface area contributed by atoms with E-state index in [4.69, 9.17) is 0 Å². The first-order valence-corrected chi connectivity index (χ1v) is 6.27. The standard InChI is InChI=1S/C15H15N3O2/c1-2-14(11-3-5-13(19)6-4-11)17-18-15(20)12-7-9-16-10-8-12/h3-10,19H,2H2,1H3,(H,18,20)/b17-14-. The van der Waals surface area contributed by atoms with Gasteiger partial charge in [0.1, 0.15) is 5.75 Å². The molecular weight excluding hydrogens is 254 g/mol. The van der Waals surface area contributed by atoms with Crippen LogP contribution in [0.25, 0.3) is 0 Å². The third-order valence-electron chi connectivity index (χ3n) is 2.77. The van der Waals surface area contributed by atoms with Gasteiger partial charge in [-0.05, 0) is 48.4 Å². The van der Waals surface area contributed by atoms with E-state index in [1.807, 2.05) is 6.92 Å². The number of amides is 1. The number of aromatic nitrogens is 1. The number of aromatic hydroxyl groups is 1. The minimum atomic E-state index is -0.280. The van der Waals surface area contributed by atoms with E-state index >= 15 is 0 Å². The van der Waals surface area contributed by atoms with E-state index in [2.05, 4.69) is 15.5 Å². The van der Waals surface area contributed by atoms with Crippen LogP contribution in [0.2, 0.25) is 0 Å². The van der Waals surface area contributed by atoms with Crippen LogP contribution in [0.4, 0.5) is 0 Å². The summed E-state index contributed by atoms with van der Waals surface area (Å²) in [4.78, 5) is 15.7. The third-order valence-corrected chi connectivity index (χ3v) is 2.77. The van der Waals surface area contributed by atoms with Gasteiger partial charge in [0.25, 0.3) is 5.91 Å². The zero-order valence-corrected chi connectivity index (χ0v) is 11.1. The Morgan fingerprint density at radius 3 is 2.40 bits per heavy atom. The van der Waals surface area contributed by atoms with Crippen molar-refractivity contribution in [3.63, 3.8) is 0 Å². The van der Waals surface area contributed by atoms with E-state index < -0.39 is 0 Å². The molecule has 1 amide bonds. The molecule has 0 atom stereocenters. The number of nitrogens with one attached hydrogen (secondary N) is 1. The lowest BCUT2D eigenvalue weighted by Gasteiger charge is -2.05. The van der Waals surface area contributed by atoms with E-state index in [-0.39, 0.29) is 11.7 Å². The molecule has 0 aliphatic carbocycles. The van der Waals surface area contributed by atoms with Crippen molar-refractivity contribution in [1.82, 2.24) is 10.4 Å². The first-order chi connectivity index (χ1) is 9.70. The molecule has 5 heteroatoms. The van der Waals surface area contributed by atoms with Crippen LogP contribution in [0.15, 0.2) is 53.9 Å². The lowest BCUT2D eigenvalue weighted by molar-refractivity contribution is 0.0954. The zero-order chi connectivity index (χ0) is 14.4. The molecule has 0 aliphatic heterocycles. The van der Waals surface area contributed by atoms with Crippen molar-refractivity contribution < 1.29 is 9.90 Å². The summed E-state index contributed by atoms with van der Waals surface area (Å²) in [7, 11) is 0. The second-order valence-corrected chi connectivity index (χ2v) is 4.14. The predicted molar refractivity (Wildman–Crippen MR) is 76.6 cm³/mol. The molecule has 2 rings (SSSR count). The lowest BCUT2D eigenvalue weighted by atomic mass is 10.1. The Hall–Kier alpha value is -2.69. The Labute approximate surface area is 117 Å². The highest BCUT2D eigenvalue weighted by molar-refractivity contribution is 6.02. The Bertz CT molecular complexity index is 607. The number of hydrogen-bond acceptors (Lipinski definition) is 4. The fourth-order valence-corrected chi connectivity index (χ4v) is 1.69. The van der Waals surface area contributed by atoms with Gasteiger partial charge in [0, 0.05) is 18.0 Å². The van der Waals surface area contributed by atoms with Gasteiger partial charge in [-0.1, -0.05) is 6.92 Å². The monoisotopic (exact) mass is 269 g/mol. The van der Waals surface area contributed by atoms with Crippen LogP contribution < -0.4 is 5.43 Å². The molecule has 20 heavy (non-hydrogen) atoms. The van der Waals surface area contributed by atoms with Crippen LogP contribution in [-0.4, -0.2) is 21.7 Å². The Morgan fingerprint density at radius 2 is 1.80 bits per heavy atom. The number of hydrazone groups is 1. The topological polar surface area (TPSA) is 74.6 Å². The van der Waals surface area contributed by atoms with E-state index in [0.717, 1.165) is 11.3 Å². The maximum atomic E-state index is 11.9. The van der Waals surface area contributed by atoms with Gasteiger partial charge in [0.05, 0.1) is 5.71 Å². The molecule has 0 saturated heterocycles. The van der Waals surface area contributed by atoms with Crippen LogP contribution in [0.3, 0.4) is 0 Å². The molecule has 1 aromatic heterocycles. The van der Waals surface area contributed by atoms with Crippen LogP contribution in [-0.2, 0) is 0 Å². The molecule has 102 valence electrons. The van der Waals surface area contributed by atoms with Crippen molar-refractivity contribution in [2.75, 3.05) is 0 Å². The van der Waals surface area contributed by atoms with Crippen molar-refractivity contribution in [3.8, 4) is 5.75 Å². The maximum Gasteiger partial charge on any atom is 0.271 e. The largest absolute Gasteiger partial charge is 0.508 e. The van der Waals surface area contributed by atoms with Gasteiger partial charge in [-0.3, -0.25) is 9.78 Å². The molecule has 0 saturated carbocycles. The summed E-state index contributed by atoms with van der Waals surface area (Å²) < 4.78 is 0. The highest BCUT2D eigenvalue weighted by Gasteiger charge is 2.05. The normalized spacial score (nSPS) is 11.2. The fraction of sp³-hybridized carbons (Fsp3) is 0.133. The third kappa shape index (κ3) is 3.41. The minimum Gasteiger partial charge on any atom is -0.508 e. The van der Waals surface area contributed by atoms with Gasteiger partial charge in [-0.2, -0.15) is 5.10 Å². The second-order valence-electron chi connectivity index (χ2n) is 4.14. The van der Waals surface area contributed by atoms with E-state index in [1.54, 1.807) is 48.8 Å². The van der Waals surface area contributed by atoms with E-state index in [0.29, 0.717) is 12.0 Å². The molecule has 1 aromatic carbocycles. The summed E-state index contributed by atoms with van der Waals surface area (Å²) in [6.45, 7) is 1.95. The number of carbonyl (C=O) groups excluding carboxylic acids is 1. The summed E-state index contributed by atoms with van der Waals surface area (Å²) in [5.74, 6) is -0.0813. The van der Waals surface area contributed by atoms with Crippen molar-refractivity contribution in [1.29, 1.82) is 0 Å². The predicted octanol–water partition coefficient (Wildman–Crippen LogP) is 2.33. The minimum absolute atomic E-state index is 0.199. The van der Waals surface area contributed by atoms with Gasteiger partial charge in [0.15, 0.2) is 0 Å². The molecule has 0 radical (unpaired) electrons. The van der Waals surface area contributed by atoms with Crippen molar-refractivity contribution in [2.24, 2.45) is 5.10 Å². The Kier molecular flexibility index (Phi) is 4.44. The van der Waals surface area contributed by atoms with Gasteiger partial charge >= 0.3 is 0 Å². The molecule has 2 N–H and O–H groups in total. The smallest absolute Gasteiger partial charge is 0.271 e. The lowest BCUT2D eigenvalue weighted by Crippen LogP contribution is -2.19. The summed E-state index contributed by atoms with van der Waals surface area (Å²) in [6.07, 6.45) is 3.78. The van der Waals surface area contributed by atoms with Crippen LogP contribution in [0.5, 0.6) is 5.75 Å². The molecule has 0 fully saturated rings. The molecule has 2 aromatic rings. The maximum absolute atomic E-state index is 11.9. The number of carbonyl (C=O) groups is 1. The van der Waals surface area contributed by atoms with Gasteiger partial charge < -0.3 is 5.11 Å². The molecule has 5 nitrogen and oxygen atoms in total. The SMILES string of the molecule is CC/C(=N/NC(=O)c1ccncc1)c1ccc(O)cc1. The number of hydrogen-bond donors (Lipinski definition) is 2. The summed E-state index contributed by atoms with van der Waals surface area (Å²) in [5, 5.41) is 13.4. The van der Waals surface area contributed by atoms with Gasteiger partial charge in [0.2, 0.25) is 0 Å². The quantitative estimate of drug-likeness (QED) is 0.660. The van der Waals surface area contributed by atoms with E-state index in [9.17, 15) is 9.90 Å². The Morgan fingerprint density at radius 1 is 1.15 bits per heavy atom. The summed E-state index contributed by atoms with van der Waals surface area (Å²) in [6, 6.07) is 9.94. The van der Waals surface area contributed by atoms with Gasteiger partial charge in [-0.15, -0.1) is 0 Å². The molecule has 0 aliphatic rings. The number of benzene rings is 1. The second kappa shape index (κ2) is 6.47. The van der Waals surface area contributed by atoms with Crippen LogP contribution in [0.1, 0.15) is 29.3 Å². The van der Waals surface area contributed by atoms with Crippen molar-refractivity contribution in [3.05, 3.63) is 59.9 Å². The van der Waals surface area contributed by atoms with Gasteiger partial charge in [-0.25, -0.2) is 5.43 Å². The van der Waals surface area contributed by atoms with Crippen molar-refractivity contribution >= 4 is 11.6 Å². The zero-order valence-electron chi connectivity index (χ0n) is 11.1. The van der Waals surface area contributed by atoms with E-state index in [1.165, 1.54) is 0 Å². The number of phenolic OH excluding ortho intramolecular Hbond substituents is 1. The average molecular weight is 269 g/mol. The molecular formula is C15H15N3O2. The first-order valence-electron chi connectivity index (χ1n) is 6.27. The highest BCUT2D eigenvalue weighted by atomic mass is 16.3.